The van der Waals surface area contributed by atoms with Crippen molar-refractivity contribution >= 4 is 17.2 Å². The van der Waals surface area contributed by atoms with Crippen LogP contribution in [-0.2, 0) is 4.79 Å². The number of nitrogens with one attached hydrogen (secondary N) is 1. The van der Waals surface area contributed by atoms with Crippen LogP contribution in [-0.4, -0.2) is 11.5 Å². The van der Waals surface area contributed by atoms with Crippen LogP contribution in [0.2, 0.25) is 0 Å². The Bertz CT molecular complexity index is 686. The van der Waals surface area contributed by atoms with Crippen LogP contribution in [0, 0.1) is 11.3 Å². The number of para-hydroxylation sites is 1. The Morgan fingerprint density at radius 1 is 1.10 bits per heavy atom. The highest BCUT2D eigenvalue weighted by Crippen LogP contribution is 2.22. The summed E-state index contributed by atoms with van der Waals surface area (Å²) in [6.07, 6.45) is 0. The van der Waals surface area contributed by atoms with Crippen LogP contribution in [0.25, 0.3) is 0 Å². The lowest BCUT2D eigenvalue weighted by Gasteiger charge is -2.06. The molecule has 0 unspecified atom stereocenters. The zero-order valence-electron chi connectivity index (χ0n) is 11.4. The quantitative estimate of drug-likeness (QED) is 0.672. The van der Waals surface area contributed by atoms with Crippen LogP contribution in [0.15, 0.2) is 59.7 Å². The van der Waals surface area contributed by atoms with E-state index in [4.69, 9.17) is 10.00 Å². The molecule has 0 aliphatic carbocycles. The largest absolute Gasteiger partial charge is 0.457 e. The first-order valence-corrected chi connectivity index (χ1v) is 6.27. The molecule has 1 N–H and O–H groups in total. The molecule has 0 saturated heterocycles. The van der Waals surface area contributed by atoms with Crippen LogP contribution in [0.1, 0.15) is 6.92 Å². The molecule has 0 atom stereocenters. The summed E-state index contributed by atoms with van der Waals surface area (Å²) in [4.78, 5) is 11.0. The van der Waals surface area contributed by atoms with Gasteiger partial charge in [-0.15, -0.1) is 0 Å². The predicted molar refractivity (Wildman–Crippen MR) is 80.3 cm³/mol. The van der Waals surface area contributed by atoms with Gasteiger partial charge in [0.15, 0.2) is 5.78 Å². The molecule has 0 saturated carbocycles. The highest BCUT2D eigenvalue weighted by Gasteiger charge is 2.03. The van der Waals surface area contributed by atoms with Crippen molar-refractivity contribution in [2.45, 2.75) is 6.92 Å². The first-order valence-electron chi connectivity index (χ1n) is 6.27. The fourth-order valence-electron chi connectivity index (χ4n) is 1.53. The van der Waals surface area contributed by atoms with Crippen LogP contribution < -0.4 is 10.2 Å². The van der Waals surface area contributed by atoms with Crippen LogP contribution in [0.3, 0.4) is 0 Å². The molecule has 2 aromatic rings. The zero-order chi connectivity index (χ0) is 15.1. The number of rotatable bonds is 5. The van der Waals surface area contributed by atoms with E-state index in [1.165, 1.54) is 6.92 Å². The van der Waals surface area contributed by atoms with Gasteiger partial charge in [0.05, 0.1) is 5.69 Å². The van der Waals surface area contributed by atoms with E-state index >= 15 is 0 Å². The van der Waals surface area contributed by atoms with E-state index in [1.54, 1.807) is 30.3 Å². The fourth-order valence-corrected chi connectivity index (χ4v) is 1.53. The second kappa shape index (κ2) is 6.87. The van der Waals surface area contributed by atoms with Crippen molar-refractivity contribution < 1.29 is 9.53 Å². The average molecular weight is 279 g/mol. The Labute approximate surface area is 122 Å². The average Bonchev–Trinajstić information content (AvgIpc) is 2.50. The lowest BCUT2D eigenvalue weighted by Crippen LogP contribution is -2.09. The number of hydrogen-bond acceptors (Lipinski definition) is 5. The van der Waals surface area contributed by atoms with Gasteiger partial charge in [0.25, 0.3) is 0 Å². The maximum Gasteiger partial charge on any atom is 0.203 e. The minimum absolute atomic E-state index is 0.167. The first kappa shape index (κ1) is 14.3. The van der Waals surface area contributed by atoms with Gasteiger partial charge in [0.1, 0.15) is 17.6 Å². The van der Waals surface area contributed by atoms with Gasteiger partial charge in [-0.05, 0) is 36.4 Å². The van der Waals surface area contributed by atoms with Gasteiger partial charge in [-0.25, -0.2) is 0 Å². The molecule has 2 aromatic carbocycles. The lowest BCUT2D eigenvalue weighted by molar-refractivity contribution is -0.110. The Kier molecular flexibility index (Phi) is 4.67. The van der Waals surface area contributed by atoms with E-state index in [0.717, 1.165) is 5.75 Å². The number of nitriles is 1. The molecule has 0 heterocycles. The summed E-state index contributed by atoms with van der Waals surface area (Å²) in [6, 6.07) is 18.2. The molecule has 2 rings (SSSR count). The minimum Gasteiger partial charge on any atom is -0.457 e. The third-order valence-corrected chi connectivity index (χ3v) is 2.57. The third kappa shape index (κ3) is 4.18. The van der Waals surface area contributed by atoms with Gasteiger partial charge < -0.3 is 4.74 Å². The number of anilines is 1. The molecule has 0 spiro atoms. The third-order valence-electron chi connectivity index (χ3n) is 2.57. The highest BCUT2D eigenvalue weighted by molar-refractivity contribution is 6.45. The number of ketones is 1. The summed E-state index contributed by atoms with van der Waals surface area (Å²) in [5.74, 6) is 1.05. The normalized spacial score (nSPS) is 10.6. The van der Waals surface area contributed by atoms with Crippen molar-refractivity contribution in [2.24, 2.45) is 5.10 Å². The molecule has 21 heavy (non-hydrogen) atoms. The molecule has 0 radical (unpaired) electrons. The first-order chi connectivity index (χ1) is 10.2. The summed E-state index contributed by atoms with van der Waals surface area (Å²) in [7, 11) is 0. The van der Waals surface area contributed by atoms with E-state index < -0.39 is 0 Å². The van der Waals surface area contributed by atoms with Crippen molar-refractivity contribution in [3.63, 3.8) is 0 Å². The molecule has 0 fully saturated rings. The van der Waals surface area contributed by atoms with E-state index in [-0.39, 0.29) is 11.5 Å². The SMILES string of the molecule is CC(=O)C(C#N)=NNc1ccc(Oc2ccccc2)cc1. The number of hydrogen-bond donors (Lipinski definition) is 1. The highest BCUT2D eigenvalue weighted by atomic mass is 16.5. The molecular weight excluding hydrogens is 266 g/mol. The van der Waals surface area contributed by atoms with Crippen molar-refractivity contribution in [3.8, 4) is 17.6 Å². The maximum atomic E-state index is 11.0. The standard InChI is InChI=1S/C16H13N3O2/c1-12(20)16(11-17)19-18-13-7-9-15(10-8-13)21-14-5-3-2-4-6-14/h2-10,18H,1H3. The van der Waals surface area contributed by atoms with Crippen molar-refractivity contribution in [2.75, 3.05) is 5.43 Å². The van der Waals surface area contributed by atoms with Crippen molar-refractivity contribution in [3.05, 3.63) is 54.6 Å². The topological polar surface area (TPSA) is 74.5 Å². The molecule has 0 aliphatic heterocycles. The second-order valence-corrected chi connectivity index (χ2v) is 4.18. The Balaban J connectivity index is 2.03. The second-order valence-electron chi connectivity index (χ2n) is 4.18. The van der Waals surface area contributed by atoms with Crippen molar-refractivity contribution in [1.82, 2.24) is 0 Å². The number of hydrazone groups is 1. The van der Waals surface area contributed by atoms with E-state index in [0.29, 0.717) is 11.4 Å². The Morgan fingerprint density at radius 3 is 2.29 bits per heavy atom. The van der Waals surface area contributed by atoms with Gasteiger partial charge in [0, 0.05) is 6.92 Å². The summed E-state index contributed by atoms with van der Waals surface area (Å²) in [6.45, 7) is 1.29. The number of carbonyl (C=O) groups excluding carboxylic acids is 1. The van der Waals surface area contributed by atoms with E-state index in [1.807, 2.05) is 30.3 Å². The number of carbonyl (C=O) groups is 1. The molecule has 104 valence electrons. The summed E-state index contributed by atoms with van der Waals surface area (Å²) in [5.41, 5.74) is 3.15. The van der Waals surface area contributed by atoms with Crippen molar-refractivity contribution in [1.29, 1.82) is 5.26 Å². The smallest absolute Gasteiger partial charge is 0.203 e. The molecule has 0 bridgehead atoms. The van der Waals surface area contributed by atoms with Crippen LogP contribution in [0.4, 0.5) is 5.69 Å². The van der Waals surface area contributed by atoms with Crippen LogP contribution in [0.5, 0.6) is 11.5 Å². The van der Waals surface area contributed by atoms with Gasteiger partial charge in [-0.3, -0.25) is 10.2 Å². The zero-order valence-corrected chi connectivity index (χ0v) is 11.4. The number of benzene rings is 2. The maximum absolute atomic E-state index is 11.0. The molecule has 5 heteroatoms. The molecule has 5 nitrogen and oxygen atoms in total. The number of ether oxygens (including phenoxy) is 1. The molecule has 0 aliphatic rings. The minimum atomic E-state index is -0.381. The fraction of sp³-hybridized carbons (Fsp3) is 0.0625. The van der Waals surface area contributed by atoms with Gasteiger partial charge >= 0.3 is 0 Å². The van der Waals surface area contributed by atoms with Gasteiger partial charge in [-0.1, -0.05) is 18.2 Å². The molecule has 0 amide bonds. The van der Waals surface area contributed by atoms with Gasteiger partial charge in [-0.2, -0.15) is 10.4 Å². The van der Waals surface area contributed by atoms with Crippen LogP contribution >= 0.6 is 0 Å². The monoisotopic (exact) mass is 279 g/mol. The summed E-state index contributed by atoms with van der Waals surface area (Å²) in [5, 5.41) is 12.5. The molecule has 0 aromatic heterocycles. The van der Waals surface area contributed by atoms with E-state index in [9.17, 15) is 4.79 Å². The van der Waals surface area contributed by atoms with E-state index in [2.05, 4.69) is 10.5 Å². The van der Waals surface area contributed by atoms with Gasteiger partial charge in [0.2, 0.25) is 5.71 Å². The number of Topliss-reactive ketones (excluding diaryl/α,β-unsaturated/α-hetero) is 1. The Hall–Kier alpha value is -3.13. The number of nitrogens with zero attached hydrogens (tertiary/aromatic N) is 2. The molecular formula is C16H13N3O2. The Morgan fingerprint density at radius 2 is 1.71 bits per heavy atom. The predicted octanol–water partition coefficient (Wildman–Crippen LogP) is 3.36. The summed E-state index contributed by atoms with van der Waals surface area (Å²) >= 11 is 0. The summed E-state index contributed by atoms with van der Waals surface area (Å²) < 4.78 is 5.65. The lowest BCUT2D eigenvalue weighted by atomic mass is 10.3.